The molecule has 0 saturated carbocycles. The average Bonchev–Trinajstić information content (AvgIpc) is 2.39. The minimum Gasteiger partial charge on any atom is -0.0854 e. The third-order valence-electron chi connectivity index (χ3n) is 5.56. The highest BCUT2D eigenvalue weighted by molar-refractivity contribution is 5.21. The molecule has 102 valence electrons. The van der Waals surface area contributed by atoms with Crippen molar-refractivity contribution in [3.05, 3.63) is 23.8 Å². The molecule has 0 heteroatoms. The van der Waals surface area contributed by atoms with Crippen LogP contribution in [0.15, 0.2) is 23.8 Å². The van der Waals surface area contributed by atoms with Gasteiger partial charge in [0.2, 0.25) is 0 Å². The van der Waals surface area contributed by atoms with E-state index in [-0.39, 0.29) is 0 Å². The molecular weight excluding hydrogens is 216 g/mol. The summed E-state index contributed by atoms with van der Waals surface area (Å²) >= 11 is 0. The van der Waals surface area contributed by atoms with Crippen molar-refractivity contribution in [2.75, 3.05) is 0 Å². The fraction of sp³-hybridized carbons (Fsp3) is 0.778. The highest BCUT2D eigenvalue weighted by Crippen LogP contribution is 2.47. The average molecular weight is 246 g/mol. The highest BCUT2D eigenvalue weighted by Gasteiger charge is 2.36. The van der Waals surface area contributed by atoms with Crippen molar-refractivity contribution in [2.24, 2.45) is 23.2 Å². The summed E-state index contributed by atoms with van der Waals surface area (Å²) < 4.78 is 0. The second kappa shape index (κ2) is 5.63. The van der Waals surface area contributed by atoms with Crippen molar-refractivity contribution in [2.45, 2.75) is 66.2 Å². The van der Waals surface area contributed by atoms with Gasteiger partial charge in [0.15, 0.2) is 0 Å². The van der Waals surface area contributed by atoms with Crippen LogP contribution in [0.1, 0.15) is 66.2 Å². The van der Waals surface area contributed by atoms with Gasteiger partial charge in [-0.2, -0.15) is 0 Å². The van der Waals surface area contributed by atoms with Crippen LogP contribution in [0.5, 0.6) is 0 Å². The molecule has 3 unspecified atom stereocenters. The lowest BCUT2D eigenvalue weighted by molar-refractivity contribution is 0.227. The molecule has 2 aliphatic rings. The van der Waals surface area contributed by atoms with Gasteiger partial charge < -0.3 is 0 Å². The molecular formula is C18H30. The fourth-order valence-electron chi connectivity index (χ4n) is 3.70. The second-order valence-corrected chi connectivity index (χ2v) is 6.93. The van der Waals surface area contributed by atoms with E-state index in [4.69, 9.17) is 0 Å². The van der Waals surface area contributed by atoms with Crippen LogP contribution < -0.4 is 0 Å². The van der Waals surface area contributed by atoms with Crippen LogP contribution in [0.3, 0.4) is 0 Å². The van der Waals surface area contributed by atoms with Crippen molar-refractivity contribution in [3.63, 3.8) is 0 Å². The summed E-state index contributed by atoms with van der Waals surface area (Å²) in [7, 11) is 0. The zero-order valence-electron chi connectivity index (χ0n) is 12.7. The maximum atomic E-state index is 2.57. The molecule has 0 aromatic carbocycles. The molecule has 18 heavy (non-hydrogen) atoms. The maximum Gasteiger partial charge on any atom is -0.00563 e. The number of allylic oxidation sites excluding steroid dienone is 4. The Hall–Kier alpha value is -0.520. The largest absolute Gasteiger partial charge is 0.0854 e. The molecule has 4 atom stereocenters. The van der Waals surface area contributed by atoms with Gasteiger partial charge in [0.25, 0.3) is 0 Å². The third kappa shape index (κ3) is 2.73. The van der Waals surface area contributed by atoms with Crippen LogP contribution >= 0.6 is 0 Å². The van der Waals surface area contributed by atoms with Crippen molar-refractivity contribution < 1.29 is 0 Å². The summed E-state index contributed by atoms with van der Waals surface area (Å²) in [6.45, 7) is 9.63. The van der Waals surface area contributed by atoms with E-state index in [1.165, 1.54) is 38.5 Å². The standard InChI is InChI=1S/C18H30/c1-5-18(4,16-10-6-14(2)7-11-16)17-12-8-15(3)9-13-17/h6,10,12,14-16H,5,7-9,11,13H2,1-4H3/t14?,15-,16?,18?/m0/s1. The van der Waals surface area contributed by atoms with Crippen LogP contribution in [0, 0.1) is 23.2 Å². The lowest BCUT2D eigenvalue weighted by Crippen LogP contribution is -2.31. The molecule has 0 aromatic heterocycles. The minimum atomic E-state index is 0.427. The Morgan fingerprint density at radius 3 is 2.44 bits per heavy atom. The summed E-state index contributed by atoms with van der Waals surface area (Å²) in [5.41, 5.74) is 2.18. The Labute approximate surface area is 114 Å². The van der Waals surface area contributed by atoms with Crippen LogP contribution in [0.4, 0.5) is 0 Å². The number of hydrogen-bond acceptors (Lipinski definition) is 0. The first kappa shape index (κ1) is 13.9. The van der Waals surface area contributed by atoms with Gasteiger partial charge in [-0.3, -0.25) is 0 Å². The molecule has 2 aliphatic carbocycles. The van der Waals surface area contributed by atoms with Gasteiger partial charge in [-0.15, -0.1) is 0 Å². The summed E-state index contributed by atoms with van der Waals surface area (Å²) in [6, 6.07) is 0. The van der Waals surface area contributed by atoms with E-state index < -0.39 is 0 Å². The highest BCUT2D eigenvalue weighted by atomic mass is 14.4. The summed E-state index contributed by atoms with van der Waals surface area (Å²) in [5.74, 6) is 2.47. The van der Waals surface area contributed by atoms with Crippen molar-refractivity contribution >= 4 is 0 Å². The molecule has 0 N–H and O–H groups in total. The SMILES string of the molecule is CCC(C)(C1=CC[C@H](C)CC1)C1C=CC(C)CC1. The molecule has 0 aromatic rings. The topological polar surface area (TPSA) is 0 Å². The Morgan fingerprint density at radius 2 is 1.94 bits per heavy atom. The normalized spacial score (nSPS) is 36.0. The van der Waals surface area contributed by atoms with Crippen molar-refractivity contribution in [1.29, 1.82) is 0 Å². The molecule has 0 radical (unpaired) electrons. The fourth-order valence-corrected chi connectivity index (χ4v) is 3.70. The number of hydrogen-bond donors (Lipinski definition) is 0. The van der Waals surface area contributed by atoms with Crippen LogP contribution in [-0.2, 0) is 0 Å². The van der Waals surface area contributed by atoms with E-state index in [1.807, 2.05) is 0 Å². The molecule has 0 fully saturated rings. The Morgan fingerprint density at radius 1 is 1.17 bits per heavy atom. The van der Waals surface area contributed by atoms with Gasteiger partial charge >= 0.3 is 0 Å². The molecule has 0 bridgehead atoms. The molecule has 2 rings (SSSR count). The summed E-state index contributed by atoms with van der Waals surface area (Å²) in [5, 5.41) is 0. The van der Waals surface area contributed by atoms with Crippen molar-refractivity contribution in [1.82, 2.24) is 0 Å². The molecule has 0 heterocycles. The van der Waals surface area contributed by atoms with E-state index in [0.717, 1.165) is 17.8 Å². The Kier molecular flexibility index (Phi) is 4.35. The lowest BCUT2D eigenvalue weighted by Gasteiger charge is -2.42. The van der Waals surface area contributed by atoms with Gasteiger partial charge in [-0.1, -0.05) is 51.5 Å². The predicted octanol–water partition coefficient (Wildman–Crippen LogP) is 5.75. The smallest absolute Gasteiger partial charge is 0.00563 e. The van der Waals surface area contributed by atoms with Gasteiger partial charge in [0, 0.05) is 0 Å². The van der Waals surface area contributed by atoms with Crippen molar-refractivity contribution in [3.8, 4) is 0 Å². The first-order valence-electron chi connectivity index (χ1n) is 7.94. The van der Waals surface area contributed by atoms with E-state index in [1.54, 1.807) is 5.57 Å². The van der Waals surface area contributed by atoms with Crippen LogP contribution in [0.25, 0.3) is 0 Å². The Balaban J connectivity index is 2.17. The zero-order valence-corrected chi connectivity index (χ0v) is 12.7. The van der Waals surface area contributed by atoms with Gasteiger partial charge in [0.05, 0.1) is 0 Å². The van der Waals surface area contributed by atoms with E-state index >= 15 is 0 Å². The third-order valence-corrected chi connectivity index (χ3v) is 5.56. The van der Waals surface area contributed by atoms with E-state index in [9.17, 15) is 0 Å². The molecule has 0 saturated heterocycles. The first-order chi connectivity index (χ1) is 8.56. The second-order valence-electron chi connectivity index (χ2n) is 6.93. The molecule has 0 nitrogen and oxygen atoms in total. The maximum absolute atomic E-state index is 2.57. The van der Waals surface area contributed by atoms with Crippen LogP contribution in [0.2, 0.25) is 0 Å². The predicted molar refractivity (Wildman–Crippen MR) is 80.5 cm³/mol. The van der Waals surface area contributed by atoms with Gasteiger partial charge in [-0.05, 0) is 61.7 Å². The van der Waals surface area contributed by atoms with E-state index in [0.29, 0.717) is 5.41 Å². The van der Waals surface area contributed by atoms with Gasteiger partial charge in [0.1, 0.15) is 0 Å². The summed E-state index contributed by atoms with van der Waals surface area (Å²) in [6.07, 6.45) is 15.6. The van der Waals surface area contributed by atoms with Gasteiger partial charge in [-0.25, -0.2) is 0 Å². The zero-order chi connectivity index (χ0) is 13.2. The quantitative estimate of drug-likeness (QED) is 0.556. The Bertz CT molecular complexity index is 336. The number of rotatable bonds is 3. The lowest BCUT2D eigenvalue weighted by atomic mass is 9.63. The monoisotopic (exact) mass is 246 g/mol. The molecule has 0 amide bonds. The van der Waals surface area contributed by atoms with E-state index in [2.05, 4.69) is 45.9 Å². The van der Waals surface area contributed by atoms with Crippen LogP contribution in [-0.4, -0.2) is 0 Å². The minimum absolute atomic E-state index is 0.427. The first-order valence-corrected chi connectivity index (χ1v) is 7.94. The molecule has 0 aliphatic heterocycles. The molecule has 0 spiro atoms. The summed E-state index contributed by atoms with van der Waals surface area (Å²) in [4.78, 5) is 0.